The molecule has 12 heavy (non-hydrogen) atoms. The Labute approximate surface area is 70.8 Å². The molecule has 0 aromatic carbocycles. The summed E-state index contributed by atoms with van der Waals surface area (Å²) in [6.07, 6.45) is 0. The first kappa shape index (κ1) is 8.77. The first-order valence-electron chi connectivity index (χ1n) is 3.79. The number of hydrogen-bond donors (Lipinski definition) is 2. The third kappa shape index (κ3) is 1.47. The molecule has 66 valence electrons. The molecule has 1 aromatic heterocycles. The van der Waals surface area contributed by atoms with Crippen molar-refractivity contribution in [2.24, 2.45) is 0 Å². The number of aromatic nitrogens is 2. The Morgan fingerprint density at radius 1 is 1.50 bits per heavy atom. The number of carboxylic acid groups (broad SMARTS) is 1. The molecule has 0 fully saturated rings. The highest BCUT2D eigenvalue weighted by Gasteiger charge is 2.17. The zero-order valence-electron chi connectivity index (χ0n) is 7.51. The number of aliphatic carboxylic acids is 1. The number of carbonyl (C=O) groups is 1. The lowest BCUT2D eigenvalue weighted by molar-refractivity contribution is -0.745. The van der Waals surface area contributed by atoms with Crippen molar-refractivity contribution in [3.8, 4) is 0 Å². The van der Waals surface area contributed by atoms with Crippen molar-refractivity contribution in [1.82, 2.24) is 5.10 Å². The Hall–Kier alpha value is -1.32. The first-order chi connectivity index (χ1) is 5.52. The Kier molecular flexibility index (Phi) is 2.17. The van der Waals surface area contributed by atoms with Crippen LogP contribution in [0.5, 0.6) is 0 Å². The quantitative estimate of drug-likeness (QED) is 0.626. The summed E-state index contributed by atoms with van der Waals surface area (Å²) < 4.78 is 1.63. The molecular weight excluding hydrogens is 156 g/mol. The normalized spacial score (nSPS) is 10.2. The van der Waals surface area contributed by atoms with Crippen molar-refractivity contribution in [1.29, 1.82) is 0 Å². The van der Waals surface area contributed by atoms with E-state index in [1.807, 2.05) is 20.8 Å². The summed E-state index contributed by atoms with van der Waals surface area (Å²) in [5, 5.41) is 11.5. The predicted octanol–water partition coefficient (Wildman–Crippen LogP) is 0.312. The van der Waals surface area contributed by atoms with Gasteiger partial charge in [0.2, 0.25) is 5.69 Å². The average molecular weight is 169 g/mol. The molecule has 1 aromatic rings. The molecule has 0 saturated heterocycles. The number of aromatic amines is 1. The Morgan fingerprint density at radius 2 is 2.08 bits per heavy atom. The van der Waals surface area contributed by atoms with Crippen molar-refractivity contribution in [3.05, 3.63) is 17.0 Å². The van der Waals surface area contributed by atoms with E-state index in [2.05, 4.69) is 5.10 Å². The van der Waals surface area contributed by atoms with Crippen molar-refractivity contribution in [3.63, 3.8) is 0 Å². The first-order valence-corrected chi connectivity index (χ1v) is 3.79. The van der Waals surface area contributed by atoms with Crippen LogP contribution >= 0.6 is 0 Å². The van der Waals surface area contributed by atoms with Crippen LogP contribution in [0.2, 0.25) is 0 Å². The summed E-state index contributed by atoms with van der Waals surface area (Å²) >= 11 is 0. The molecule has 2 N–H and O–H groups in total. The highest BCUT2D eigenvalue weighted by Crippen LogP contribution is 2.04. The van der Waals surface area contributed by atoms with E-state index in [0.717, 1.165) is 17.0 Å². The number of aryl methyl sites for hydroxylation is 1. The van der Waals surface area contributed by atoms with Gasteiger partial charge in [-0.15, -0.1) is 4.68 Å². The topological polar surface area (TPSA) is 57.0 Å². The molecular formula is C8H13N2O2+. The van der Waals surface area contributed by atoms with E-state index in [1.54, 1.807) is 4.68 Å². The zero-order chi connectivity index (χ0) is 9.30. The van der Waals surface area contributed by atoms with Gasteiger partial charge in [-0.1, -0.05) is 0 Å². The predicted molar refractivity (Wildman–Crippen MR) is 42.8 cm³/mol. The van der Waals surface area contributed by atoms with Gasteiger partial charge in [0.05, 0.1) is 5.69 Å². The van der Waals surface area contributed by atoms with Crippen LogP contribution in [0.15, 0.2) is 0 Å². The molecule has 1 rings (SSSR count). The maximum absolute atomic E-state index is 10.4. The molecule has 0 spiro atoms. The molecule has 0 unspecified atom stereocenters. The minimum atomic E-state index is -0.829. The fourth-order valence-corrected chi connectivity index (χ4v) is 1.14. The van der Waals surface area contributed by atoms with Crippen LogP contribution in [0, 0.1) is 20.8 Å². The Morgan fingerprint density at radius 3 is 2.42 bits per heavy atom. The lowest BCUT2D eigenvalue weighted by Gasteiger charge is -1.87. The standard InChI is InChI=1S/C8H12N2O2/c1-5-6(2)9-10(7(5)3)4-8(11)12/h4H2,1-3H3,(H,11,12)/p+1. The van der Waals surface area contributed by atoms with Gasteiger partial charge in [-0.25, -0.2) is 4.79 Å². The summed E-state index contributed by atoms with van der Waals surface area (Å²) in [4.78, 5) is 10.4. The molecule has 0 aliphatic heterocycles. The van der Waals surface area contributed by atoms with Crippen LogP contribution in [-0.4, -0.2) is 16.2 Å². The lowest BCUT2D eigenvalue weighted by atomic mass is 10.2. The van der Waals surface area contributed by atoms with Crippen molar-refractivity contribution < 1.29 is 14.6 Å². The molecule has 0 bridgehead atoms. The second-order valence-electron chi connectivity index (χ2n) is 2.93. The molecule has 0 aliphatic carbocycles. The number of rotatable bonds is 2. The second-order valence-corrected chi connectivity index (χ2v) is 2.93. The van der Waals surface area contributed by atoms with Crippen molar-refractivity contribution in [2.75, 3.05) is 0 Å². The van der Waals surface area contributed by atoms with Crippen molar-refractivity contribution >= 4 is 5.97 Å². The number of H-pyrrole nitrogens is 1. The van der Waals surface area contributed by atoms with Gasteiger partial charge in [-0.3, -0.25) is 0 Å². The van der Waals surface area contributed by atoms with Crippen LogP contribution in [0.25, 0.3) is 0 Å². The molecule has 4 nitrogen and oxygen atoms in total. The molecule has 1 heterocycles. The summed E-state index contributed by atoms with van der Waals surface area (Å²) in [5.41, 5.74) is 3.12. The molecule has 4 heteroatoms. The lowest BCUT2D eigenvalue weighted by Crippen LogP contribution is -2.42. The van der Waals surface area contributed by atoms with Gasteiger partial charge in [-0.2, -0.15) is 5.10 Å². The third-order valence-corrected chi connectivity index (χ3v) is 2.11. The van der Waals surface area contributed by atoms with Crippen molar-refractivity contribution in [2.45, 2.75) is 27.3 Å². The van der Waals surface area contributed by atoms with Crippen LogP contribution in [0.3, 0.4) is 0 Å². The summed E-state index contributed by atoms with van der Waals surface area (Å²) in [6.45, 7) is 5.81. The molecule has 0 aliphatic rings. The smallest absolute Gasteiger partial charge is 0.372 e. The van der Waals surface area contributed by atoms with Crippen LogP contribution in [0.1, 0.15) is 17.0 Å². The molecule has 0 atom stereocenters. The fourth-order valence-electron chi connectivity index (χ4n) is 1.14. The van der Waals surface area contributed by atoms with E-state index in [9.17, 15) is 4.79 Å². The third-order valence-electron chi connectivity index (χ3n) is 2.11. The number of nitrogens with one attached hydrogen (secondary N) is 1. The van der Waals surface area contributed by atoms with E-state index in [-0.39, 0.29) is 6.54 Å². The average Bonchev–Trinajstić information content (AvgIpc) is 2.17. The van der Waals surface area contributed by atoms with E-state index in [4.69, 9.17) is 5.11 Å². The number of carboxylic acids is 1. The minimum absolute atomic E-state index is 0.000509. The SMILES string of the molecule is Cc1[nH][n+](CC(=O)O)c(C)c1C. The summed E-state index contributed by atoms with van der Waals surface area (Å²) in [6, 6.07) is 0. The molecule has 0 radical (unpaired) electrons. The Balaban J connectivity index is 3.01. The van der Waals surface area contributed by atoms with Gasteiger partial charge in [0.15, 0.2) is 0 Å². The van der Waals surface area contributed by atoms with E-state index in [0.29, 0.717) is 0 Å². The number of nitrogens with zero attached hydrogens (tertiary/aromatic N) is 1. The van der Waals surface area contributed by atoms with Gasteiger partial charge in [-0.05, 0) is 13.8 Å². The minimum Gasteiger partial charge on any atom is -0.476 e. The summed E-state index contributed by atoms with van der Waals surface area (Å²) in [5.74, 6) is -0.829. The van der Waals surface area contributed by atoms with Gasteiger partial charge in [0, 0.05) is 12.5 Å². The maximum Gasteiger partial charge on any atom is 0.372 e. The van der Waals surface area contributed by atoms with Gasteiger partial charge in [0.1, 0.15) is 0 Å². The van der Waals surface area contributed by atoms with Gasteiger partial charge >= 0.3 is 5.97 Å². The van der Waals surface area contributed by atoms with Crippen LogP contribution in [0.4, 0.5) is 0 Å². The van der Waals surface area contributed by atoms with E-state index >= 15 is 0 Å². The highest BCUT2D eigenvalue weighted by molar-refractivity contribution is 5.64. The number of hydrogen-bond acceptors (Lipinski definition) is 1. The van der Waals surface area contributed by atoms with Crippen LogP contribution < -0.4 is 4.68 Å². The second kappa shape index (κ2) is 2.97. The van der Waals surface area contributed by atoms with Gasteiger partial charge in [0.25, 0.3) is 6.54 Å². The van der Waals surface area contributed by atoms with Gasteiger partial charge < -0.3 is 5.11 Å². The zero-order valence-corrected chi connectivity index (χ0v) is 7.51. The monoisotopic (exact) mass is 169 g/mol. The van der Waals surface area contributed by atoms with Crippen LogP contribution in [-0.2, 0) is 11.3 Å². The summed E-state index contributed by atoms with van der Waals surface area (Å²) in [7, 11) is 0. The van der Waals surface area contributed by atoms with E-state index in [1.165, 1.54) is 0 Å². The maximum atomic E-state index is 10.4. The molecule has 0 amide bonds. The van der Waals surface area contributed by atoms with E-state index < -0.39 is 5.97 Å². The largest absolute Gasteiger partial charge is 0.476 e. The molecule has 0 saturated carbocycles. The highest BCUT2D eigenvalue weighted by atomic mass is 16.4. The Bertz CT molecular complexity index is 315. The fraction of sp³-hybridized carbons (Fsp3) is 0.500.